The van der Waals surface area contributed by atoms with Crippen LogP contribution in [0.25, 0.3) is 0 Å². The van der Waals surface area contributed by atoms with E-state index in [-0.39, 0.29) is 50.7 Å². The molecule has 1 aromatic carbocycles. The zero-order valence-electron chi connectivity index (χ0n) is 35.0. The second-order valence-electron chi connectivity index (χ2n) is 16.4. The number of fused-ring (bicyclic) bond motifs is 4. The highest BCUT2D eigenvalue weighted by molar-refractivity contribution is 9.10. The minimum Gasteiger partial charge on any atom is -0.466 e. The summed E-state index contributed by atoms with van der Waals surface area (Å²) < 4.78 is 42.2. The second kappa shape index (κ2) is 23.5. The third-order valence-electron chi connectivity index (χ3n) is 11.1. The molecule has 0 radical (unpaired) electrons. The Morgan fingerprint density at radius 2 is 1.75 bits per heavy atom. The normalized spacial score (nSPS) is 32.1. The molecule has 4 rings (SSSR count). The molecule has 0 aromatic heterocycles. The van der Waals surface area contributed by atoms with Gasteiger partial charge in [-0.05, 0) is 67.9 Å². The van der Waals surface area contributed by atoms with Gasteiger partial charge in [0.25, 0.3) is 0 Å². The topological polar surface area (TPSA) is 197 Å². The molecular formula is C44H65BrO14. The van der Waals surface area contributed by atoms with E-state index >= 15 is 0 Å². The first kappa shape index (κ1) is 48.9. The van der Waals surface area contributed by atoms with Crippen LogP contribution >= 0.6 is 15.9 Å². The molecule has 1 unspecified atom stereocenters. The number of hydrogen-bond acceptors (Lipinski definition) is 14. The van der Waals surface area contributed by atoms with Gasteiger partial charge in [-0.2, -0.15) is 0 Å². The molecule has 4 bridgehead atoms. The Bertz CT molecular complexity index is 1550. The molecule has 3 aliphatic rings. The molecule has 0 spiro atoms. The Kier molecular flexibility index (Phi) is 19.5. The second-order valence-corrected chi connectivity index (χ2v) is 17.4. The number of aryl methyl sites for hydroxylation is 1. The van der Waals surface area contributed by atoms with Crippen molar-refractivity contribution in [3.8, 4) is 0 Å². The number of ether oxygens (including phenoxy) is 7. The maximum Gasteiger partial charge on any atom is 0.330 e. The smallest absolute Gasteiger partial charge is 0.330 e. The summed E-state index contributed by atoms with van der Waals surface area (Å²) in [6.45, 7) is 5.07. The average Bonchev–Trinajstić information content (AvgIpc) is 3.18. The van der Waals surface area contributed by atoms with E-state index < -0.39 is 84.7 Å². The SMILES string of the molecule is CCCCCCCC(=O)O[C@H]1/C(=C/C(=O)OC)C[C@H]2CC(CO)OC(=O)C[C@H](O)CCO[C@](O)(CCCc3ccc(Br)cc3)C[C@@H]3CCO[C@H](/C=C/C(C)(C)[C@]1(O)O2)O3. The molecule has 59 heavy (non-hydrogen) atoms. The number of hydrogen-bond donors (Lipinski definition) is 4. The predicted molar refractivity (Wildman–Crippen MR) is 219 cm³/mol. The number of carbonyl (C=O) groups is 3. The van der Waals surface area contributed by atoms with Crippen LogP contribution in [0, 0.1) is 5.41 Å². The Morgan fingerprint density at radius 3 is 2.46 bits per heavy atom. The van der Waals surface area contributed by atoms with Gasteiger partial charge in [0.2, 0.25) is 5.79 Å². The van der Waals surface area contributed by atoms with Crippen LogP contribution in [0.15, 0.2) is 52.5 Å². The molecule has 0 saturated carbocycles. The maximum absolute atomic E-state index is 13.4. The first-order valence-corrected chi connectivity index (χ1v) is 21.8. The third kappa shape index (κ3) is 15.3. The van der Waals surface area contributed by atoms with Crippen molar-refractivity contribution in [1.82, 2.24) is 0 Å². The van der Waals surface area contributed by atoms with E-state index in [4.69, 9.17) is 33.2 Å². The molecule has 0 amide bonds. The maximum atomic E-state index is 13.4. The first-order chi connectivity index (χ1) is 28.1. The highest BCUT2D eigenvalue weighted by atomic mass is 79.9. The lowest BCUT2D eigenvalue weighted by Gasteiger charge is -2.51. The fourth-order valence-electron chi connectivity index (χ4n) is 7.64. The van der Waals surface area contributed by atoms with Crippen molar-refractivity contribution >= 4 is 33.8 Å². The lowest BCUT2D eigenvalue weighted by atomic mass is 9.74. The third-order valence-corrected chi connectivity index (χ3v) is 11.7. The number of benzene rings is 1. The summed E-state index contributed by atoms with van der Waals surface area (Å²) in [5, 5.41) is 45.7. The molecule has 8 atom stereocenters. The summed E-state index contributed by atoms with van der Waals surface area (Å²) in [5.41, 5.74) is -0.0716. The van der Waals surface area contributed by atoms with Crippen LogP contribution < -0.4 is 0 Å². The van der Waals surface area contributed by atoms with Gasteiger partial charge in [-0.25, -0.2) is 4.79 Å². The molecule has 1 aromatic rings. The number of halogens is 1. The number of rotatable bonds is 13. The fraction of sp³-hybridized carbons (Fsp3) is 0.705. The monoisotopic (exact) mass is 896 g/mol. The van der Waals surface area contributed by atoms with Gasteiger partial charge in [-0.1, -0.05) is 80.6 Å². The zero-order chi connectivity index (χ0) is 43.1. The number of aliphatic hydroxyl groups excluding tert-OH is 2. The van der Waals surface area contributed by atoms with Crippen molar-refractivity contribution in [2.45, 2.75) is 165 Å². The van der Waals surface area contributed by atoms with E-state index in [0.717, 1.165) is 41.8 Å². The summed E-state index contributed by atoms with van der Waals surface area (Å²) >= 11 is 3.46. The van der Waals surface area contributed by atoms with Crippen molar-refractivity contribution in [1.29, 1.82) is 0 Å². The molecule has 14 nitrogen and oxygen atoms in total. The van der Waals surface area contributed by atoms with Crippen LogP contribution in [0.5, 0.6) is 0 Å². The number of carbonyl (C=O) groups excluding carboxylic acids is 3. The molecule has 2 saturated heterocycles. The van der Waals surface area contributed by atoms with E-state index in [1.54, 1.807) is 26.0 Å². The van der Waals surface area contributed by atoms with E-state index in [1.807, 2.05) is 24.3 Å². The summed E-state index contributed by atoms with van der Waals surface area (Å²) in [4.78, 5) is 39.2. The van der Waals surface area contributed by atoms with Crippen molar-refractivity contribution in [2.75, 3.05) is 26.9 Å². The Morgan fingerprint density at radius 1 is 1.00 bits per heavy atom. The van der Waals surface area contributed by atoms with Gasteiger partial charge < -0.3 is 53.6 Å². The molecule has 0 aliphatic carbocycles. The quantitative estimate of drug-likeness (QED) is 0.0603. The van der Waals surface area contributed by atoms with Crippen LogP contribution in [-0.4, -0.2) is 114 Å². The van der Waals surface area contributed by atoms with E-state index in [9.17, 15) is 34.8 Å². The van der Waals surface area contributed by atoms with Crippen molar-refractivity contribution in [3.63, 3.8) is 0 Å². The zero-order valence-corrected chi connectivity index (χ0v) is 36.6. The van der Waals surface area contributed by atoms with Gasteiger partial charge in [0.1, 0.15) is 6.10 Å². The predicted octanol–water partition coefficient (Wildman–Crippen LogP) is 5.88. The molecule has 15 heteroatoms. The minimum atomic E-state index is -2.32. The van der Waals surface area contributed by atoms with Gasteiger partial charge >= 0.3 is 17.9 Å². The van der Waals surface area contributed by atoms with E-state index in [2.05, 4.69) is 22.9 Å². The molecule has 3 heterocycles. The van der Waals surface area contributed by atoms with Crippen molar-refractivity contribution in [2.24, 2.45) is 5.41 Å². The Balaban J connectivity index is 1.66. The van der Waals surface area contributed by atoms with Crippen molar-refractivity contribution in [3.05, 3.63) is 58.1 Å². The van der Waals surface area contributed by atoms with Crippen LogP contribution in [0.4, 0.5) is 0 Å². The van der Waals surface area contributed by atoms with Crippen LogP contribution in [0.2, 0.25) is 0 Å². The number of esters is 3. The number of methoxy groups -OCH3 is 1. The average molecular weight is 898 g/mol. The van der Waals surface area contributed by atoms with Gasteiger partial charge in [-0.15, -0.1) is 0 Å². The van der Waals surface area contributed by atoms with Crippen LogP contribution in [0.1, 0.15) is 116 Å². The molecular weight excluding hydrogens is 832 g/mol. The van der Waals surface area contributed by atoms with Crippen molar-refractivity contribution < 1.29 is 68.0 Å². The summed E-state index contributed by atoms with van der Waals surface area (Å²) in [7, 11) is 1.20. The molecule has 332 valence electrons. The Labute approximate surface area is 356 Å². The highest BCUT2D eigenvalue weighted by Gasteiger charge is 2.57. The standard InChI is InChI=1S/C44H65BrO14/c1-5-6-7-8-9-12-37(48)58-41-31(25-38(49)53-4)24-35-27-36(29-46)56-39(50)26-33(47)18-23-55-43(51,20-10-11-30-13-15-32(45)16-14-30)28-34-19-22-54-40(57-34)17-21-42(2,3)44(41,52)59-35/h13-17,21,25,33-36,40-41,46-47,51-52H,5-12,18-20,22-24,26-29H2,1-4H3/b21-17+,31-25+/t33-,34+,35+,36?,40+,41+,43-,44-/m1/s1. The fourth-order valence-corrected chi connectivity index (χ4v) is 7.91. The number of unbranched alkanes of at least 4 members (excludes halogenated alkanes) is 4. The lowest BCUT2D eigenvalue weighted by Crippen LogP contribution is -2.62. The summed E-state index contributed by atoms with van der Waals surface area (Å²) in [5.74, 6) is -6.07. The molecule has 2 fully saturated rings. The highest BCUT2D eigenvalue weighted by Crippen LogP contribution is 2.47. The van der Waals surface area contributed by atoms with E-state index in [1.165, 1.54) is 7.11 Å². The minimum absolute atomic E-state index is 0.0162. The van der Waals surface area contributed by atoms with E-state index in [0.29, 0.717) is 32.3 Å². The van der Waals surface area contributed by atoms with Gasteiger partial charge in [-0.3, -0.25) is 9.59 Å². The van der Waals surface area contributed by atoms with Gasteiger partial charge in [0.15, 0.2) is 18.2 Å². The number of cyclic esters (lactones) is 1. The summed E-state index contributed by atoms with van der Waals surface area (Å²) in [6.07, 6.45) is 4.37. The first-order valence-electron chi connectivity index (χ1n) is 21.0. The lowest BCUT2D eigenvalue weighted by molar-refractivity contribution is -0.327. The Hall–Kier alpha value is -2.73. The van der Waals surface area contributed by atoms with Crippen LogP contribution in [-0.2, 0) is 54.0 Å². The van der Waals surface area contributed by atoms with Gasteiger partial charge in [0, 0.05) is 41.6 Å². The summed E-state index contributed by atoms with van der Waals surface area (Å²) in [6, 6.07) is 7.93. The molecule has 4 N–H and O–H groups in total. The molecule has 3 aliphatic heterocycles. The number of aliphatic hydroxyl groups is 4. The largest absolute Gasteiger partial charge is 0.466 e. The van der Waals surface area contributed by atoms with Gasteiger partial charge in [0.05, 0.1) is 51.7 Å². The van der Waals surface area contributed by atoms with Crippen LogP contribution in [0.3, 0.4) is 0 Å².